The van der Waals surface area contributed by atoms with Crippen molar-refractivity contribution in [3.8, 4) is 0 Å². The van der Waals surface area contributed by atoms with E-state index in [2.05, 4.69) is 28.5 Å². The van der Waals surface area contributed by atoms with Gasteiger partial charge in [-0.15, -0.1) is 12.6 Å². The van der Waals surface area contributed by atoms with Gasteiger partial charge >= 0.3 is 0 Å². The Hall–Kier alpha value is -1.20. The van der Waals surface area contributed by atoms with E-state index >= 15 is 0 Å². The topological polar surface area (TPSA) is 53.5 Å². The number of rotatable bonds is 2. The third-order valence-corrected chi connectivity index (χ3v) is 2.78. The fraction of sp³-hybridized carbons (Fsp3) is 0.200. The largest absolute Gasteiger partial charge is 0.321 e. The third-order valence-electron chi connectivity index (χ3n) is 2.17. The highest BCUT2D eigenvalue weighted by molar-refractivity contribution is 7.80. The smallest absolute Gasteiger partial charge is 0.270 e. The van der Waals surface area contributed by atoms with Gasteiger partial charge in [-0.1, -0.05) is 29.8 Å². The summed E-state index contributed by atoms with van der Waals surface area (Å²) in [5.41, 5.74) is 3.53. The molecule has 0 radical (unpaired) electrons. The molecule has 1 aromatic carbocycles. The van der Waals surface area contributed by atoms with E-state index in [-0.39, 0.29) is 5.91 Å². The molecule has 0 spiro atoms. The summed E-state index contributed by atoms with van der Waals surface area (Å²) >= 11 is 10.0. The van der Waals surface area contributed by atoms with E-state index < -0.39 is 5.50 Å². The standard InChI is InChI=1S/C10H10ClN3OS/c11-7-4-2-1-3-6(7)5-8-9(15)12-10(16)14-13-8/h1-4,10,14,16H,5H2,(H,12,15). The lowest BCUT2D eigenvalue weighted by Gasteiger charge is -2.19. The number of nitrogens with one attached hydrogen (secondary N) is 2. The summed E-state index contributed by atoms with van der Waals surface area (Å²) in [6.07, 6.45) is 0.402. The van der Waals surface area contributed by atoms with Gasteiger partial charge in [-0.25, -0.2) is 0 Å². The minimum absolute atomic E-state index is 0.223. The van der Waals surface area contributed by atoms with E-state index in [0.717, 1.165) is 5.56 Å². The number of hydrogen-bond acceptors (Lipinski definition) is 4. The Balaban J connectivity index is 2.16. The van der Waals surface area contributed by atoms with Crippen molar-refractivity contribution in [1.29, 1.82) is 0 Å². The Morgan fingerprint density at radius 3 is 2.88 bits per heavy atom. The molecule has 4 nitrogen and oxygen atoms in total. The lowest BCUT2D eigenvalue weighted by molar-refractivity contribution is -0.115. The zero-order valence-electron chi connectivity index (χ0n) is 8.27. The van der Waals surface area contributed by atoms with Crippen LogP contribution in [0.3, 0.4) is 0 Å². The first kappa shape index (κ1) is 11.3. The molecule has 0 fully saturated rings. The van der Waals surface area contributed by atoms with Crippen molar-refractivity contribution in [2.75, 3.05) is 0 Å². The van der Waals surface area contributed by atoms with Crippen LogP contribution < -0.4 is 10.7 Å². The number of halogens is 1. The first-order chi connectivity index (χ1) is 7.66. The molecule has 0 saturated carbocycles. The van der Waals surface area contributed by atoms with Crippen LogP contribution in [-0.4, -0.2) is 17.1 Å². The fourth-order valence-corrected chi connectivity index (χ4v) is 1.75. The van der Waals surface area contributed by atoms with Crippen molar-refractivity contribution in [3.05, 3.63) is 34.9 Å². The van der Waals surface area contributed by atoms with Gasteiger partial charge < -0.3 is 5.32 Å². The van der Waals surface area contributed by atoms with Crippen LogP contribution in [0.15, 0.2) is 29.4 Å². The number of carbonyl (C=O) groups is 1. The number of hydrazone groups is 1. The third kappa shape index (κ3) is 2.48. The Morgan fingerprint density at radius 2 is 2.19 bits per heavy atom. The van der Waals surface area contributed by atoms with E-state index in [4.69, 9.17) is 11.6 Å². The van der Waals surface area contributed by atoms with Crippen molar-refractivity contribution in [2.45, 2.75) is 11.9 Å². The molecule has 1 aromatic rings. The van der Waals surface area contributed by atoms with Gasteiger partial charge in [0, 0.05) is 11.4 Å². The van der Waals surface area contributed by atoms with Crippen molar-refractivity contribution in [3.63, 3.8) is 0 Å². The highest BCUT2D eigenvalue weighted by Crippen LogP contribution is 2.16. The van der Waals surface area contributed by atoms with Crippen molar-refractivity contribution < 1.29 is 4.79 Å². The summed E-state index contributed by atoms with van der Waals surface area (Å²) < 4.78 is 0. The zero-order valence-corrected chi connectivity index (χ0v) is 9.92. The van der Waals surface area contributed by atoms with Crippen LogP contribution in [0, 0.1) is 0 Å². The highest BCUT2D eigenvalue weighted by Gasteiger charge is 2.20. The maximum atomic E-state index is 11.5. The molecule has 1 amide bonds. The number of carbonyl (C=O) groups excluding carboxylic acids is 1. The van der Waals surface area contributed by atoms with Crippen molar-refractivity contribution in [1.82, 2.24) is 10.7 Å². The summed E-state index contributed by atoms with van der Waals surface area (Å²) in [6.45, 7) is 0. The summed E-state index contributed by atoms with van der Waals surface area (Å²) in [7, 11) is 0. The minimum Gasteiger partial charge on any atom is -0.321 e. The van der Waals surface area contributed by atoms with Gasteiger partial charge in [0.05, 0.1) is 0 Å². The summed E-state index contributed by atoms with van der Waals surface area (Å²) in [4.78, 5) is 11.5. The molecule has 84 valence electrons. The molecular weight excluding hydrogens is 246 g/mol. The number of thiol groups is 1. The highest BCUT2D eigenvalue weighted by atomic mass is 35.5. The fourth-order valence-electron chi connectivity index (χ4n) is 1.37. The molecule has 1 aliphatic rings. The maximum Gasteiger partial charge on any atom is 0.270 e. The monoisotopic (exact) mass is 255 g/mol. The van der Waals surface area contributed by atoms with E-state index in [1.54, 1.807) is 6.07 Å². The molecule has 0 bridgehead atoms. The van der Waals surface area contributed by atoms with Crippen LogP contribution in [0.4, 0.5) is 0 Å². The van der Waals surface area contributed by atoms with Gasteiger partial charge in [-0.2, -0.15) is 5.10 Å². The molecule has 0 saturated heterocycles. The first-order valence-electron chi connectivity index (χ1n) is 4.71. The molecule has 0 aliphatic carbocycles. The second-order valence-electron chi connectivity index (χ2n) is 3.33. The van der Waals surface area contributed by atoms with Gasteiger partial charge in [0.25, 0.3) is 5.91 Å². The summed E-state index contributed by atoms with van der Waals surface area (Å²) in [5.74, 6) is -0.223. The van der Waals surface area contributed by atoms with Crippen LogP contribution in [0.5, 0.6) is 0 Å². The van der Waals surface area contributed by atoms with Gasteiger partial charge in [0.15, 0.2) is 5.50 Å². The normalized spacial score (nSPS) is 19.8. The Morgan fingerprint density at radius 1 is 1.44 bits per heavy atom. The number of amides is 1. The van der Waals surface area contributed by atoms with Crippen molar-refractivity contribution in [2.24, 2.45) is 5.10 Å². The van der Waals surface area contributed by atoms with Gasteiger partial charge in [0.2, 0.25) is 0 Å². The number of hydrogen-bond donors (Lipinski definition) is 3. The SMILES string of the molecule is O=C1NC(S)NN=C1Cc1ccccc1Cl. The zero-order chi connectivity index (χ0) is 11.5. The Bertz CT molecular complexity index is 449. The van der Waals surface area contributed by atoms with Crippen molar-refractivity contribution >= 4 is 35.8 Å². The lowest BCUT2D eigenvalue weighted by Crippen LogP contribution is -2.48. The average molecular weight is 256 g/mol. The van der Waals surface area contributed by atoms with E-state index in [1.807, 2.05) is 18.2 Å². The molecule has 6 heteroatoms. The van der Waals surface area contributed by atoms with Gasteiger partial charge in [0.1, 0.15) is 5.71 Å². The van der Waals surface area contributed by atoms with E-state index in [9.17, 15) is 4.79 Å². The Kier molecular flexibility index (Phi) is 3.36. The summed E-state index contributed by atoms with van der Waals surface area (Å²) in [5, 5.41) is 7.19. The number of benzene rings is 1. The van der Waals surface area contributed by atoms with E-state index in [1.165, 1.54) is 0 Å². The number of nitrogens with zero attached hydrogens (tertiary/aromatic N) is 1. The molecule has 0 aromatic heterocycles. The molecular formula is C10H10ClN3OS. The maximum absolute atomic E-state index is 11.5. The van der Waals surface area contributed by atoms with Crippen LogP contribution in [0.1, 0.15) is 5.56 Å². The lowest BCUT2D eigenvalue weighted by atomic mass is 10.1. The molecule has 2 rings (SSSR count). The molecule has 1 heterocycles. The van der Waals surface area contributed by atoms with Crippen LogP contribution >= 0.6 is 24.2 Å². The second kappa shape index (κ2) is 4.76. The van der Waals surface area contributed by atoms with Gasteiger partial charge in [-0.3, -0.25) is 10.2 Å². The van der Waals surface area contributed by atoms with Gasteiger partial charge in [-0.05, 0) is 11.6 Å². The summed E-state index contributed by atoms with van der Waals surface area (Å²) in [6, 6.07) is 7.37. The minimum atomic E-state index is -0.428. The van der Waals surface area contributed by atoms with E-state index in [0.29, 0.717) is 17.2 Å². The average Bonchev–Trinajstić information content (AvgIpc) is 2.25. The molecule has 1 aliphatic heterocycles. The quantitative estimate of drug-likeness (QED) is 0.695. The predicted octanol–water partition coefficient (Wildman–Crippen LogP) is 1.17. The molecule has 16 heavy (non-hydrogen) atoms. The molecule has 1 atom stereocenters. The second-order valence-corrected chi connectivity index (χ2v) is 4.26. The van der Waals surface area contributed by atoms with Crippen LogP contribution in [-0.2, 0) is 11.2 Å². The molecule has 2 N–H and O–H groups in total. The van der Waals surface area contributed by atoms with Crippen LogP contribution in [0.2, 0.25) is 5.02 Å². The Labute approximate surface area is 103 Å². The van der Waals surface area contributed by atoms with Crippen LogP contribution in [0.25, 0.3) is 0 Å². The molecule has 1 unspecified atom stereocenters. The first-order valence-corrected chi connectivity index (χ1v) is 5.60. The predicted molar refractivity (Wildman–Crippen MR) is 66.6 cm³/mol.